The fraction of sp³-hybridized carbons (Fsp3) is 1.00. The molecule has 2 atom stereocenters. The van der Waals surface area contributed by atoms with Gasteiger partial charge in [0.1, 0.15) is 0 Å². The molecule has 0 aromatic rings. The normalized spacial score (nSPS) is 27.9. The van der Waals surface area contributed by atoms with Crippen LogP contribution >= 0.6 is 7.60 Å². The van der Waals surface area contributed by atoms with Crippen LogP contribution in [0.25, 0.3) is 0 Å². The van der Waals surface area contributed by atoms with E-state index in [0.717, 1.165) is 25.7 Å². The minimum absolute atomic E-state index is 0.240. The second-order valence-corrected chi connectivity index (χ2v) is 7.50. The molecular weight excluding hydrogens is 267 g/mol. The van der Waals surface area contributed by atoms with E-state index in [1.54, 1.807) is 13.8 Å². The molecule has 0 aromatic carbocycles. The molecular formula is C13H27O5P. The van der Waals surface area contributed by atoms with Crippen molar-refractivity contribution in [2.24, 2.45) is 0 Å². The van der Waals surface area contributed by atoms with Crippen LogP contribution in [0.15, 0.2) is 0 Å². The van der Waals surface area contributed by atoms with Crippen LogP contribution in [0.5, 0.6) is 0 Å². The minimum Gasteiger partial charge on any atom is -0.349 e. The molecule has 1 heterocycles. The fourth-order valence-corrected chi connectivity index (χ4v) is 3.68. The third-order valence-electron chi connectivity index (χ3n) is 3.10. The highest BCUT2D eigenvalue weighted by Crippen LogP contribution is 2.62. The third kappa shape index (κ3) is 4.54. The lowest BCUT2D eigenvalue weighted by Crippen LogP contribution is -2.30. The summed E-state index contributed by atoms with van der Waals surface area (Å²) in [5.74, 6) is 0. The molecule has 0 amide bonds. The van der Waals surface area contributed by atoms with Gasteiger partial charge in [-0.25, -0.2) is 0 Å². The van der Waals surface area contributed by atoms with Gasteiger partial charge >= 0.3 is 7.60 Å². The maximum absolute atomic E-state index is 13.0. The van der Waals surface area contributed by atoms with E-state index in [0.29, 0.717) is 13.2 Å². The van der Waals surface area contributed by atoms with Gasteiger partial charge < -0.3 is 18.5 Å². The first-order chi connectivity index (χ1) is 8.97. The van der Waals surface area contributed by atoms with Crippen LogP contribution in [0.2, 0.25) is 0 Å². The van der Waals surface area contributed by atoms with Gasteiger partial charge in [-0.05, 0) is 26.7 Å². The molecule has 1 aliphatic heterocycles. The van der Waals surface area contributed by atoms with E-state index in [4.69, 9.17) is 18.5 Å². The van der Waals surface area contributed by atoms with Gasteiger partial charge in [0.25, 0.3) is 0 Å². The monoisotopic (exact) mass is 294 g/mol. The predicted molar refractivity (Wildman–Crippen MR) is 74.2 cm³/mol. The topological polar surface area (TPSA) is 54.0 Å². The van der Waals surface area contributed by atoms with Crippen molar-refractivity contribution < 1.29 is 23.1 Å². The van der Waals surface area contributed by atoms with E-state index in [2.05, 4.69) is 13.8 Å². The van der Waals surface area contributed by atoms with Crippen molar-refractivity contribution in [1.82, 2.24) is 0 Å². The van der Waals surface area contributed by atoms with Crippen molar-refractivity contribution in [3.05, 3.63) is 0 Å². The molecule has 1 rings (SSSR count). The maximum atomic E-state index is 13.0. The summed E-state index contributed by atoms with van der Waals surface area (Å²) in [7, 11) is -3.32. The number of rotatable bonds is 9. The predicted octanol–water partition coefficient (Wildman–Crippen LogP) is 3.92. The molecule has 2 unspecified atom stereocenters. The van der Waals surface area contributed by atoms with Gasteiger partial charge in [-0.2, -0.15) is 0 Å². The Kier molecular flexibility index (Phi) is 6.98. The van der Waals surface area contributed by atoms with Crippen molar-refractivity contribution in [2.75, 3.05) is 19.8 Å². The Morgan fingerprint density at radius 3 is 2.11 bits per heavy atom. The summed E-state index contributed by atoms with van der Waals surface area (Å²) in [5, 5.41) is -0.992. The Morgan fingerprint density at radius 2 is 1.74 bits per heavy atom. The summed E-state index contributed by atoms with van der Waals surface area (Å²) in [4.78, 5) is 0. The fourth-order valence-electron chi connectivity index (χ4n) is 1.81. The molecule has 0 bridgehead atoms. The first-order valence-corrected chi connectivity index (χ1v) is 8.70. The molecule has 6 heteroatoms. The molecule has 1 saturated heterocycles. The molecule has 0 saturated carbocycles. The van der Waals surface area contributed by atoms with Gasteiger partial charge in [-0.15, -0.1) is 0 Å². The Bertz CT molecular complexity index is 295. The summed E-state index contributed by atoms with van der Waals surface area (Å²) >= 11 is 0. The summed E-state index contributed by atoms with van der Waals surface area (Å²) in [6.07, 6.45) is 3.31. The summed E-state index contributed by atoms with van der Waals surface area (Å²) in [5.41, 5.74) is 0. The van der Waals surface area contributed by atoms with Crippen molar-refractivity contribution >= 4 is 7.60 Å². The smallest absolute Gasteiger partial charge is 0.349 e. The van der Waals surface area contributed by atoms with Gasteiger partial charge in [0, 0.05) is 0 Å². The Morgan fingerprint density at radius 1 is 1.21 bits per heavy atom. The number of hydrogen-bond acceptors (Lipinski definition) is 5. The van der Waals surface area contributed by atoms with Gasteiger partial charge in [-0.3, -0.25) is 4.57 Å². The van der Waals surface area contributed by atoms with Crippen molar-refractivity contribution in [3.8, 4) is 0 Å². The van der Waals surface area contributed by atoms with Crippen LogP contribution in [0.1, 0.15) is 53.4 Å². The summed E-state index contributed by atoms with van der Waals surface area (Å²) < 4.78 is 35.2. The van der Waals surface area contributed by atoms with Crippen molar-refractivity contribution in [2.45, 2.75) is 65.0 Å². The zero-order chi connectivity index (χ0) is 14.4. The highest BCUT2D eigenvalue weighted by molar-refractivity contribution is 7.55. The van der Waals surface area contributed by atoms with E-state index in [9.17, 15) is 4.57 Å². The van der Waals surface area contributed by atoms with E-state index < -0.39 is 12.9 Å². The van der Waals surface area contributed by atoms with Gasteiger partial charge in [-0.1, -0.05) is 26.7 Å². The lowest BCUT2D eigenvalue weighted by atomic mass is 10.4. The van der Waals surface area contributed by atoms with Crippen LogP contribution in [0.3, 0.4) is 0 Å². The molecule has 114 valence electrons. The van der Waals surface area contributed by atoms with Crippen LogP contribution in [-0.4, -0.2) is 31.5 Å². The quantitative estimate of drug-likeness (QED) is 0.476. The molecule has 0 aliphatic carbocycles. The standard InChI is InChI=1S/C13H27O5P/c1-5-7-9-16-19(14,17-10-8-6-2)13(4)11-15-12(3)18-13/h12H,5-11H2,1-4H3. The second kappa shape index (κ2) is 7.75. The highest BCUT2D eigenvalue weighted by atomic mass is 31.2. The summed E-state index contributed by atoms with van der Waals surface area (Å²) in [6, 6.07) is 0. The van der Waals surface area contributed by atoms with Crippen LogP contribution in [0, 0.1) is 0 Å². The zero-order valence-corrected chi connectivity index (χ0v) is 13.4. The number of unbranched alkanes of at least 4 members (excludes halogenated alkanes) is 2. The van der Waals surface area contributed by atoms with Gasteiger partial charge in [0.15, 0.2) is 11.6 Å². The Hall–Kier alpha value is 0.0700. The Balaban J connectivity index is 2.69. The molecule has 19 heavy (non-hydrogen) atoms. The van der Waals surface area contributed by atoms with Crippen molar-refractivity contribution in [1.29, 1.82) is 0 Å². The molecule has 0 aromatic heterocycles. The average Bonchev–Trinajstić information content (AvgIpc) is 2.72. The zero-order valence-electron chi connectivity index (χ0n) is 12.5. The van der Waals surface area contributed by atoms with Crippen molar-refractivity contribution in [3.63, 3.8) is 0 Å². The summed E-state index contributed by atoms with van der Waals surface area (Å²) in [6.45, 7) is 8.74. The molecule has 5 nitrogen and oxygen atoms in total. The van der Waals surface area contributed by atoms with Gasteiger partial charge in [0.2, 0.25) is 0 Å². The number of ether oxygens (including phenoxy) is 2. The largest absolute Gasteiger partial charge is 0.364 e. The van der Waals surface area contributed by atoms with E-state index in [-0.39, 0.29) is 12.9 Å². The van der Waals surface area contributed by atoms with Crippen LogP contribution in [0.4, 0.5) is 0 Å². The second-order valence-electron chi connectivity index (χ2n) is 5.04. The van der Waals surface area contributed by atoms with E-state index in [1.165, 1.54) is 0 Å². The van der Waals surface area contributed by atoms with Gasteiger partial charge in [0.05, 0.1) is 19.8 Å². The molecule has 0 radical (unpaired) electrons. The van der Waals surface area contributed by atoms with Crippen LogP contribution in [-0.2, 0) is 23.1 Å². The lowest BCUT2D eigenvalue weighted by molar-refractivity contribution is -0.0559. The molecule has 0 spiro atoms. The minimum atomic E-state index is -3.32. The molecule has 1 fully saturated rings. The lowest BCUT2D eigenvalue weighted by Gasteiger charge is -2.31. The maximum Gasteiger partial charge on any atom is 0.364 e. The van der Waals surface area contributed by atoms with Crippen LogP contribution < -0.4 is 0 Å². The average molecular weight is 294 g/mol. The molecule has 0 N–H and O–H groups in total. The van der Waals surface area contributed by atoms with E-state index in [1.807, 2.05) is 0 Å². The first kappa shape index (κ1) is 17.1. The third-order valence-corrected chi connectivity index (χ3v) is 5.54. The number of hydrogen-bond donors (Lipinski definition) is 0. The Labute approximate surface area is 116 Å². The SMILES string of the molecule is CCCCOP(=O)(OCCCC)C1(C)COC(C)O1. The molecule has 1 aliphatic rings. The first-order valence-electron chi connectivity index (χ1n) is 7.16. The van der Waals surface area contributed by atoms with E-state index >= 15 is 0 Å². The highest BCUT2D eigenvalue weighted by Gasteiger charge is 2.53.